The van der Waals surface area contributed by atoms with E-state index in [1.54, 1.807) is 6.20 Å². The Morgan fingerprint density at radius 3 is 2.33 bits per heavy atom. The quantitative estimate of drug-likeness (QED) is 0.122. The molecular weight excluding hydrogens is 542 g/mol. The van der Waals surface area contributed by atoms with Crippen LogP contribution in [0, 0.1) is 0 Å². The molecule has 0 spiro atoms. The number of fused-ring (bicyclic) bond motifs is 1. The maximum absolute atomic E-state index is 13.8. The summed E-state index contributed by atoms with van der Waals surface area (Å²) in [5.41, 5.74) is 9.27. The fraction of sp³-hybridized carbons (Fsp3) is 0.357. The van der Waals surface area contributed by atoms with Gasteiger partial charge in [-0.05, 0) is 30.9 Å². The molecule has 14 heteroatoms. The Bertz CT molecular complexity index is 1530. The number of aliphatic carboxylic acids is 1. The lowest BCUT2D eigenvalue weighted by molar-refractivity contribution is -0.144. The second-order valence-corrected chi connectivity index (χ2v) is 10.4. The number of carbonyl (C=O) groups is 4. The Balaban J connectivity index is 1.28. The van der Waals surface area contributed by atoms with E-state index in [-0.39, 0.29) is 25.8 Å². The molecule has 3 amide bonds. The molecule has 220 valence electrons. The van der Waals surface area contributed by atoms with Crippen molar-refractivity contribution in [2.45, 2.75) is 56.3 Å². The van der Waals surface area contributed by atoms with E-state index in [1.165, 1.54) is 23.8 Å². The maximum Gasteiger partial charge on any atom is 0.326 e. The molecule has 8 N–H and O–H groups in total. The minimum Gasteiger partial charge on any atom is -0.480 e. The summed E-state index contributed by atoms with van der Waals surface area (Å²) in [5.74, 6) is -2.75. The van der Waals surface area contributed by atoms with Gasteiger partial charge < -0.3 is 41.3 Å². The van der Waals surface area contributed by atoms with E-state index < -0.39 is 47.9 Å². The normalized spacial score (nSPS) is 17.1. The van der Waals surface area contributed by atoms with Crippen LogP contribution in [-0.4, -0.2) is 89.3 Å². The number of nitrogens with zero attached hydrogens (tertiary/aromatic N) is 3. The monoisotopic (exact) mass is 575 g/mol. The van der Waals surface area contributed by atoms with Gasteiger partial charge in [-0.2, -0.15) is 0 Å². The Kier molecular flexibility index (Phi) is 8.62. The number of benzene rings is 1. The number of aromatic nitrogens is 5. The van der Waals surface area contributed by atoms with Gasteiger partial charge in [0.2, 0.25) is 17.7 Å². The third-order valence-corrected chi connectivity index (χ3v) is 7.48. The zero-order valence-corrected chi connectivity index (χ0v) is 22.7. The van der Waals surface area contributed by atoms with Crippen LogP contribution in [0.1, 0.15) is 29.8 Å². The van der Waals surface area contributed by atoms with Crippen LogP contribution in [0.4, 0.5) is 0 Å². The smallest absolute Gasteiger partial charge is 0.326 e. The van der Waals surface area contributed by atoms with Crippen LogP contribution in [0.2, 0.25) is 0 Å². The van der Waals surface area contributed by atoms with Gasteiger partial charge in [-0.15, -0.1) is 0 Å². The number of hydrogen-bond donors (Lipinski definition) is 7. The number of nitrogens with two attached hydrogens (primary N) is 1. The van der Waals surface area contributed by atoms with Crippen LogP contribution in [0.15, 0.2) is 55.5 Å². The Labute approximate surface area is 240 Å². The number of likely N-dealkylation sites (tertiary alicyclic amines) is 1. The summed E-state index contributed by atoms with van der Waals surface area (Å²) < 4.78 is 0. The van der Waals surface area contributed by atoms with Crippen LogP contribution in [0.25, 0.3) is 10.9 Å². The summed E-state index contributed by atoms with van der Waals surface area (Å²) in [6.07, 6.45) is 9.02. The second kappa shape index (κ2) is 12.7. The van der Waals surface area contributed by atoms with Gasteiger partial charge in [0.05, 0.1) is 18.7 Å². The molecule has 0 saturated carbocycles. The largest absolute Gasteiger partial charge is 0.480 e. The van der Waals surface area contributed by atoms with Gasteiger partial charge in [0.1, 0.15) is 18.1 Å². The van der Waals surface area contributed by atoms with Crippen molar-refractivity contribution in [2.75, 3.05) is 6.54 Å². The number of nitrogens with one attached hydrogen (secondary N) is 5. The number of carboxylic acid groups (broad SMARTS) is 1. The minimum atomic E-state index is -1.21. The fourth-order valence-corrected chi connectivity index (χ4v) is 5.31. The molecule has 1 aromatic carbocycles. The van der Waals surface area contributed by atoms with Crippen molar-refractivity contribution in [1.82, 2.24) is 40.5 Å². The second-order valence-electron chi connectivity index (χ2n) is 10.4. The number of rotatable bonds is 12. The summed E-state index contributed by atoms with van der Waals surface area (Å²) in [5, 5.41) is 16.0. The number of amides is 3. The van der Waals surface area contributed by atoms with Crippen LogP contribution in [0.3, 0.4) is 0 Å². The van der Waals surface area contributed by atoms with Crippen molar-refractivity contribution >= 4 is 34.6 Å². The van der Waals surface area contributed by atoms with E-state index >= 15 is 0 Å². The van der Waals surface area contributed by atoms with Crippen LogP contribution in [0.5, 0.6) is 0 Å². The molecule has 1 saturated heterocycles. The van der Waals surface area contributed by atoms with E-state index in [0.717, 1.165) is 16.5 Å². The first-order valence-electron chi connectivity index (χ1n) is 13.7. The Morgan fingerprint density at radius 2 is 1.67 bits per heavy atom. The van der Waals surface area contributed by atoms with E-state index in [4.69, 9.17) is 5.73 Å². The van der Waals surface area contributed by atoms with E-state index in [1.807, 2.05) is 30.5 Å². The van der Waals surface area contributed by atoms with Gasteiger partial charge in [0, 0.05) is 60.3 Å². The van der Waals surface area contributed by atoms with Crippen molar-refractivity contribution in [1.29, 1.82) is 0 Å². The molecule has 42 heavy (non-hydrogen) atoms. The highest BCUT2D eigenvalue weighted by molar-refractivity contribution is 5.95. The van der Waals surface area contributed by atoms with Gasteiger partial charge >= 0.3 is 5.97 Å². The van der Waals surface area contributed by atoms with Gasteiger partial charge in [-0.3, -0.25) is 14.4 Å². The highest BCUT2D eigenvalue weighted by Crippen LogP contribution is 2.21. The zero-order chi connectivity index (χ0) is 29.6. The molecule has 1 aliphatic heterocycles. The number of carbonyl (C=O) groups excluding carboxylic acids is 3. The lowest BCUT2D eigenvalue weighted by Gasteiger charge is -2.30. The molecule has 0 bridgehead atoms. The highest BCUT2D eigenvalue weighted by atomic mass is 16.4. The molecular formula is C28H33N9O5. The first-order valence-corrected chi connectivity index (χ1v) is 13.7. The van der Waals surface area contributed by atoms with Crippen molar-refractivity contribution in [3.8, 4) is 0 Å². The molecule has 4 aromatic rings. The molecule has 1 aliphatic rings. The molecule has 4 atom stereocenters. The maximum atomic E-state index is 13.8. The van der Waals surface area contributed by atoms with Gasteiger partial charge in [0.25, 0.3) is 0 Å². The van der Waals surface area contributed by atoms with Gasteiger partial charge in [-0.1, -0.05) is 18.2 Å². The molecule has 14 nitrogen and oxygen atoms in total. The van der Waals surface area contributed by atoms with E-state index in [9.17, 15) is 24.3 Å². The number of hydrogen-bond acceptors (Lipinski definition) is 7. The average Bonchev–Trinajstić information content (AvgIpc) is 3.80. The average molecular weight is 576 g/mol. The third-order valence-electron chi connectivity index (χ3n) is 7.48. The van der Waals surface area contributed by atoms with E-state index in [2.05, 4.69) is 35.6 Å². The Morgan fingerprint density at radius 1 is 0.976 bits per heavy atom. The fourth-order valence-electron chi connectivity index (χ4n) is 5.31. The number of carboxylic acids is 1. The van der Waals surface area contributed by atoms with Crippen molar-refractivity contribution < 1.29 is 24.3 Å². The highest BCUT2D eigenvalue weighted by Gasteiger charge is 2.39. The molecule has 4 heterocycles. The number of aromatic amines is 3. The van der Waals surface area contributed by atoms with Crippen LogP contribution < -0.4 is 16.4 Å². The van der Waals surface area contributed by atoms with Gasteiger partial charge in [-0.25, -0.2) is 14.8 Å². The first-order chi connectivity index (χ1) is 20.3. The minimum absolute atomic E-state index is 0.00850. The predicted molar refractivity (Wildman–Crippen MR) is 151 cm³/mol. The summed E-state index contributed by atoms with van der Waals surface area (Å²) in [7, 11) is 0. The summed E-state index contributed by atoms with van der Waals surface area (Å²) in [6.45, 7) is 0.284. The van der Waals surface area contributed by atoms with Gasteiger partial charge in [0.15, 0.2) is 0 Å². The number of para-hydroxylation sites is 1. The van der Waals surface area contributed by atoms with E-state index in [0.29, 0.717) is 24.2 Å². The lowest BCUT2D eigenvalue weighted by Crippen LogP contribution is -2.57. The number of imidazole rings is 2. The molecule has 0 aliphatic carbocycles. The Hall–Kier alpha value is -4.98. The standard InChI is InChI=1S/C28H33N9O5/c29-20(8-16-11-32-21-5-2-1-4-19(16)21)25(38)35-22(9-17-12-30-14-33-17)27(40)37-7-3-6-24(37)26(39)36-23(28(41)42)10-18-13-31-15-34-18/h1-2,4-5,11-15,20,22-24,32H,3,6-10,29H2,(H,30,33)(H,31,34)(H,35,38)(H,36,39)(H,41,42). The van der Waals surface area contributed by atoms with Crippen molar-refractivity contribution in [3.63, 3.8) is 0 Å². The molecule has 1 fully saturated rings. The lowest BCUT2D eigenvalue weighted by atomic mass is 10.0. The summed E-state index contributed by atoms with van der Waals surface area (Å²) in [4.78, 5) is 70.4. The molecule has 0 radical (unpaired) electrons. The van der Waals surface area contributed by atoms with Crippen LogP contribution in [-0.2, 0) is 38.4 Å². The zero-order valence-electron chi connectivity index (χ0n) is 22.7. The van der Waals surface area contributed by atoms with Crippen molar-refractivity contribution in [3.05, 3.63) is 72.5 Å². The van der Waals surface area contributed by atoms with Crippen LogP contribution >= 0.6 is 0 Å². The molecule has 5 rings (SSSR count). The topological polar surface area (TPSA) is 215 Å². The first kappa shape index (κ1) is 28.5. The third kappa shape index (κ3) is 6.49. The SMILES string of the molecule is NC(Cc1c[nH]c2ccccc12)C(=O)NC(Cc1cnc[nH]1)C(=O)N1CCCC1C(=O)NC(Cc1cnc[nH]1)C(=O)O. The molecule has 3 aromatic heterocycles. The summed E-state index contributed by atoms with van der Waals surface area (Å²) >= 11 is 0. The molecule has 4 unspecified atom stereocenters. The number of H-pyrrole nitrogens is 3. The van der Waals surface area contributed by atoms with Crippen molar-refractivity contribution in [2.24, 2.45) is 5.73 Å². The predicted octanol–water partition coefficient (Wildman–Crippen LogP) is 0.0145. The summed E-state index contributed by atoms with van der Waals surface area (Å²) in [6, 6.07) is 3.64.